The molecule has 3 rings (SSSR count). The van der Waals surface area contributed by atoms with Crippen LogP contribution >= 0.6 is 27.5 Å². The minimum absolute atomic E-state index is 0.175. The predicted molar refractivity (Wildman–Crippen MR) is 95.4 cm³/mol. The Labute approximate surface area is 152 Å². The third-order valence-electron chi connectivity index (χ3n) is 3.24. The Morgan fingerprint density at radius 1 is 1.21 bits per heavy atom. The highest BCUT2D eigenvalue weighted by Gasteiger charge is 2.08. The summed E-state index contributed by atoms with van der Waals surface area (Å²) in [5.41, 5.74) is 1.35. The molecule has 0 aliphatic carbocycles. The molecule has 1 heterocycles. The second-order valence-electron chi connectivity index (χ2n) is 4.96. The minimum atomic E-state index is -0.175. The van der Waals surface area contributed by atoms with Crippen molar-refractivity contribution < 1.29 is 9.53 Å². The Balaban J connectivity index is 1.61. The normalized spacial score (nSPS) is 10.4. The smallest absolute Gasteiger partial charge is 0.251 e. The number of carbonyl (C=O) groups excluding carboxylic acids is 1. The number of aromatic amines is 1. The molecule has 0 radical (unpaired) electrons. The molecule has 5 nitrogen and oxygen atoms in total. The van der Waals surface area contributed by atoms with Gasteiger partial charge in [-0.25, -0.2) is 0 Å². The van der Waals surface area contributed by atoms with E-state index in [1.807, 2.05) is 12.1 Å². The maximum Gasteiger partial charge on any atom is 0.251 e. The van der Waals surface area contributed by atoms with E-state index in [4.69, 9.17) is 16.3 Å². The summed E-state index contributed by atoms with van der Waals surface area (Å²) in [5, 5.41) is 10.1. The zero-order valence-electron chi connectivity index (χ0n) is 12.4. The molecule has 1 amide bonds. The van der Waals surface area contributed by atoms with E-state index in [-0.39, 0.29) is 5.91 Å². The molecule has 0 bridgehead atoms. The molecule has 0 fully saturated rings. The molecule has 0 unspecified atom stereocenters. The van der Waals surface area contributed by atoms with Crippen molar-refractivity contribution in [2.24, 2.45) is 0 Å². The molecular weight excluding hydrogens is 394 g/mol. The summed E-state index contributed by atoms with van der Waals surface area (Å²) in [5.74, 6) is 1.10. The molecule has 122 valence electrons. The zero-order valence-corrected chi connectivity index (χ0v) is 14.8. The number of benzene rings is 2. The van der Waals surface area contributed by atoms with Crippen molar-refractivity contribution in [3.63, 3.8) is 0 Å². The molecule has 3 aromatic rings. The topological polar surface area (TPSA) is 67.0 Å². The number of carbonyl (C=O) groups is 1. The van der Waals surface area contributed by atoms with E-state index in [1.54, 1.807) is 42.6 Å². The lowest BCUT2D eigenvalue weighted by atomic mass is 10.2. The van der Waals surface area contributed by atoms with Gasteiger partial charge in [-0.15, -0.1) is 0 Å². The molecule has 0 aliphatic rings. The summed E-state index contributed by atoms with van der Waals surface area (Å²) in [4.78, 5) is 12.1. The highest BCUT2D eigenvalue weighted by molar-refractivity contribution is 9.10. The molecule has 0 saturated carbocycles. The van der Waals surface area contributed by atoms with Gasteiger partial charge in [-0.3, -0.25) is 9.89 Å². The fourth-order valence-electron chi connectivity index (χ4n) is 2.03. The van der Waals surface area contributed by atoms with Gasteiger partial charge in [-0.05, 0) is 58.4 Å². The van der Waals surface area contributed by atoms with Gasteiger partial charge in [0.1, 0.15) is 11.5 Å². The molecule has 24 heavy (non-hydrogen) atoms. The number of nitrogens with one attached hydrogen (secondary N) is 2. The number of hydrogen-bond donors (Lipinski definition) is 2. The van der Waals surface area contributed by atoms with Crippen molar-refractivity contribution in [2.45, 2.75) is 6.54 Å². The number of amides is 1. The monoisotopic (exact) mass is 405 g/mol. The first kappa shape index (κ1) is 16.5. The number of aromatic nitrogens is 2. The van der Waals surface area contributed by atoms with Gasteiger partial charge in [0.15, 0.2) is 0 Å². The van der Waals surface area contributed by atoms with Crippen molar-refractivity contribution in [2.75, 3.05) is 0 Å². The minimum Gasteiger partial charge on any atom is -0.457 e. The van der Waals surface area contributed by atoms with Crippen molar-refractivity contribution in [3.05, 3.63) is 75.5 Å². The number of ether oxygens (including phenoxy) is 1. The molecule has 1 aromatic heterocycles. The average Bonchev–Trinajstić information content (AvgIpc) is 2.98. The highest BCUT2D eigenvalue weighted by Crippen LogP contribution is 2.24. The maximum absolute atomic E-state index is 12.1. The first-order valence-corrected chi connectivity index (χ1v) is 8.28. The van der Waals surface area contributed by atoms with Crippen LogP contribution in [0.2, 0.25) is 5.02 Å². The van der Waals surface area contributed by atoms with Gasteiger partial charge in [-0.2, -0.15) is 5.10 Å². The Hall–Kier alpha value is -2.31. The lowest BCUT2D eigenvalue weighted by molar-refractivity contribution is 0.0950. The second-order valence-corrected chi connectivity index (χ2v) is 6.25. The SMILES string of the molecule is O=C(NCc1[nH]ncc1Br)c1ccc(Oc2cccc(Cl)c2)cc1. The Morgan fingerprint density at radius 2 is 2.00 bits per heavy atom. The number of nitrogens with zero attached hydrogens (tertiary/aromatic N) is 1. The van der Waals surface area contributed by atoms with Crippen LogP contribution in [-0.2, 0) is 6.54 Å². The third-order valence-corrected chi connectivity index (χ3v) is 4.16. The van der Waals surface area contributed by atoms with Crippen LogP contribution in [0.1, 0.15) is 16.1 Å². The third kappa shape index (κ3) is 4.15. The fraction of sp³-hybridized carbons (Fsp3) is 0.0588. The van der Waals surface area contributed by atoms with Crippen molar-refractivity contribution in [1.82, 2.24) is 15.5 Å². The largest absolute Gasteiger partial charge is 0.457 e. The summed E-state index contributed by atoms with van der Waals surface area (Å²) in [6.07, 6.45) is 1.64. The molecule has 0 atom stereocenters. The van der Waals surface area contributed by atoms with Crippen LogP contribution in [0.5, 0.6) is 11.5 Å². The number of hydrogen-bond acceptors (Lipinski definition) is 3. The number of H-pyrrole nitrogens is 1. The molecule has 0 spiro atoms. The van der Waals surface area contributed by atoms with Gasteiger partial charge in [0.25, 0.3) is 5.91 Å². The number of rotatable bonds is 5. The molecule has 0 saturated heterocycles. The zero-order chi connectivity index (χ0) is 16.9. The molecule has 7 heteroatoms. The quantitative estimate of drug-likeness (QED) is 0.653. The van der Waals surface area contributed by atoms with E-state index in [0.717, 1.165) is 10.2 Å². The Kier molecular flexibility index (Phi) is 5.17. The summed E-state index contributed by atoms with van der Waals surface area (Å²) in [7, 11) is 0. The fourth-order valence-corrected chi connectivity index (χ4v) is 2.55. The van der Waals surface area contributed by atoms with Crippen molar-refractivity contribution >= 4 is 33.4 Å². The van der Waals surface area contributed by atoms with Crippen LogP contribution in [-0.4, -0.2) is 16.1 Å². The summed E-state index contributed by atoms with van der Waals surface area (Å²) in [6, 6.07) is 14.0. The van der Waals surface area contributed by atoms with E-state index in [1.165, 1.54) is 0 Å². The Morgan fingerprint density at radius 3 is 2.67 bits per heavy atom. The van der Waals surface area contributed by atoms with Crippen LogP contribution in [0.4, 0.5) is 0 Å². The first-order chi connectivity index (χ1) is 11.6. The predicted octanol–water partition coefficient (Wildman–Crippen LogP) is 4.55. The van der Waals surface area contributed by atoms with Crippen molar-refractivity contribution in [1.29, 1.82) is 0 Å². The van der Waals surface area contributed by atoms with Gasteiger partial charge >= 0.3 is 0 Å². The highest BCUT2D eigenvalue weighted by atomic mass is 79.9. The van der Waals surface area contributed by atoms with Gasteiger partial charge in [0.2, 0.25) is 0 Å². The van der Waals surface area contributed by atoms with Gasteiger partial charge in [-0.1, -0.05) is 17.7 Å². The molecule has 2 N–H and O–H groups in total. The van der Waals surface area contributed by atoms with E-state index in [9.17, 15) is 4.79 Å². The number of halogens is 2. The van der Waals surface area contributed by atoms with Crippen LogP contribution in [0.25, 0.3) is 0 Å². The van der Waals surface area contributed by atoms with Crippen LogP contribution < -0.4 is 10.1 Å². The van der Waals surface area contributed by atoms with Gasteiger partial charge < -0.3 is 10.1 Å². The molecule has 2 aromatic carbocycles. The molecular formula is C17H13BrClN3O2. The Bertz CT molecular complexity index is 849. The summed E-state index contributed by atoms with van der Waals surface area (Å²) < 4.78 is 6.52. The lowest BCUT2D eigenvalue weighted by Crippen LogP contribution is -2.23. The van der Waals surface area contributed by atoms with E-state index >= 15 is 0 Å². The van der Waals surface area contributed by atoms with Crippen LogP contribution in [0, 0.1) is 0 Å². The average molecular weight is 407 g/mol. The second kappa shape index (κ2) is 7.51. The van der Waals surface area contributed by atoms with Crippen molar-refractivity contribution in [3.8, 4) is 11.5 Å². The van der Waals surface area contributed by atoms with E-state index in [0.29, 0.717) is 28.6 Å². The standard InChI is InChI=1S/C17H13BrClN3O2/c18-15-9-21-22-16(15)10-20-17(23)11-4-6-13(7-5-11)24-14-3-1-2-12(19)8-14/h1-9H,10H2,(H,20,23)(H,21,22). The maximum atomic E-state index is 12.1. The van der Waals surface area contributed by atoms with E-state index in [2.05, 4.69) is 31.4 Å². The van der Waals surface area contributed by atoms with Gasteiger partial charge in [0, 0.05) is 10.6 Å². The summed E-state index contributed by atoms with van der Waals surface area (Å²) in [6.45, 7) is 0.361. The lowest BCUT2D eigenvalue weighted by Gasteiger charge is -2.08. The van der Waals surface area contributed by atoms with E-state index < -0.39 is 0 Å². The van der Waals surface area contributed by atoms with Gasteiger partial charge in [0.05, 0.1) is 22.9 Å². The molecule has 0 aliphatic heterocycles. The van der Waals surface area contributed by atoms with Crippen LogP contribution in [0.3, 0.4) is 0 Å². The van der Waals surface area contributed by atoms with Crippen LogP contribution in [0.15, 0.2) is 59.2 Å². The first-order valence-electron chi connectivity index (χ1n) is 7.11. The summed E-state index contributed by atoms with van der Waals surface area (Å²) >= 11 is 9.27.